The van der Waals surface area contributed by atoms with Gasteiger partial charge in [-0.2, -0.15) is 0 Å². The van der Waals surface area contributed by atoms with E-state index in [-0.39, 0.29) is 17.3 Å². The van der Waals surface area contributed by atoms with E-state index in [4.69, 9.17) is 0 Å². The highest BCUT2D eigenvalue weighted by molar-refractivity contribution is 5.75. The van der Waals surface area contributed by atoms with Crippen LogP contribution in [-0.4, -0.2) is 23.3 Å². The van der Waals surface area contributed by atoms with E-state index in [1.54, 1.807) is 6.92 Å². The summed E-state index contributed by atoms with van der Waals surface area (Å²) in [4.78, 5) is 23.9. The Labute approximate surface area is 158 Å². The third-order valence-electron chi connectivity index (χ3n) is 9.43. The largest absolute Gasteiger partial charge is 0.393 e. The van der Waals surface area contributed by atoms with E-state index < -0.39 is 0 Å². The van der Waals surface area contributed by atoms with Crippen LogP contribution in [-0.2, 0) is 9.59 Å². The van der Waals surface area contributed by atoms with Gasteiger partial charge < -0.3 is 14.7 Å². The van der Waals surface area contributed by atoms with E-state index in [1.165, 1.54) is 32.0 Å². The van der Waals surface area contributed by atoms with Gasteiger partial charge in [0.25, 0.3) is 0 Å². The van der Waals surface area contributed by atoms with Gasteiger partial charge in [-0.25, -0.2) is 0 Å². The van der Waals surface area contributed by atoms with Crippen LogP contribution in [0, 0.1) is 40.4 Å². The maximum atomic E-state index is 12.4. The van der Waals surface area contributed by atoms with Crippen molar-refractivity contribution < 1.29 is 14.7 Å². The van der Waals surface area contributed by atoms with Crippen molar-refractivity contribution in [3.05, 3.63) is 0 Å². The predicted molar refractivity (Wildman–Crippen MR) is 102 cm³/mol. The molecule has 3 heteroatoms. The van der Waals surface area contributed by atoms with Crippen LogP contribution in [0.5, 0.6) is 0 Å². The molecule has 4 aliphatic rings. The van der Waals surface area contributed by atoms with E-state index >= 15 is 0 Å². The molecular formula is C23H36O3. The molecule has 26 heavy (non-hydrogen) atoms. The zero-order chi connectivity index (χ0) is 18.5. The lowest BCUT2D eigenvalue weighted by molar-refractivity contribution is -0.168. The fourth-order valence-electron chi connectivity index (χ4n) is 8.13. The van der Waals surface area contributed by atoms with Gasteiger partial charge in [-0.05, 0) is 93.3 Å². The Morgan fingerprint density at radius 2 is 1.92 bits per heavy atom. The predicted octanol–water partition coefficient (Wildman–Crippen LogP) is 4.55. The van der Waals surface area contributed by atoms with Crippen molar-refractivity contribution in [3.8, 4) is 0 Å². The summed E-state index contributed by atoms with van der Waals surface area (Å²) in [6.07, 6.45) is 12.9. The molecule has 0 aliphatic heterocycles. The fraction of sp³-hybridized carbons (Fsp3) is 0.913. The Balaban J connectivity index is 1.62. The second kappa shape index (κ2) is 6.72. The Bertz CT molecular complexity index is 572. The molecule has 0 heterocycles. The van der Waals surface area contributed by atoms with E-state index in [9.17, 15) is 14.7 Å². The van der Waals surface area contributed by atoms with Crippen LogP contribution in [0.3, 0.4) is 0 Å². The van der Waals surface area contributed by atoms with Crippen LogP contribution in [0.4, 0.5) is 0 Å². The molecule has 0 aromatic heterocycles. The summed E-state index contributed by atoms with van der Waals surface area (Å²) >= 11 is 0. The van der Waals surface area contributed by atoms with Gasteiger partial charge in [-0.15, -0.1) is 0 Å². The van der Waals surface area contributed by atoms with Gasteiger partial charge >= 0.3 is 0 Å². The molecule has 8 atom stereocenters. The molecule has 4 rings (SSSR count). The third-order valence-corrected chi connectivity index (χ3v) is 9.43. The average Bonchev–Trinajstić information content (AvgIpc) is 2.99. The van der Waals surface area contributed by atoms with Crippen molar-refractivity contribution >= 4 is 12.1 Å². The maximum Gasteiger partial charge on any atom is 0.129 e. The molecule has 0 aromatic rings. The number of hydrogen-bond acceptors (Lipinski definition) is 3. The molecule has 1 N–H and O–H groups in total. The molecule has 0 aromatic carbocycles. The lowest BCUT2D eigenvalue weighted by Gasteiger charge is -2.61. The van der Waals surface area contributed by atoms with Crippen LogP contribution >= 0.6 is 0 Å². The quantitative estimate of drug-likeness (QED) is 0.748. The first-order chi connectivity index (χ1) is 12.4. The summed E-state index contributed by atoms with van der Waals surface area (Å²) in [6, 6.07) is 0. The minimum Gasteiger partial charge on any atom is -0.393 e. The second-order valence-corrected chi connectivity index (χ2v) is 10.3. The molecule has 0 saturated heterocycles. The van der Waals surface area contributed by atoms with Gasteiger partial charge in [-0.3, -0.25) is 0 Å². The van der Waals surface area contributed by atoms with Gasteiger partial charge in [0, 0.05) is 11.8 Å². The summed E-state index contributed by atoms with van der Waals surface area (Å²) < 4.78 is 0. The number of ketones is 1. The molecule has 0 spiro atoms. The van der Waals surface area contributed by atoms with Crippen molar-refractivity contribution in [2.45, 2.75) is 90.6 Å². The topological polar surface area (TPSA) is 54.4 Å². The van der Waals surface area contributed by atoms with Crippen LogP contribution in [0.1, 0.15) is 84.5 Å². The lowest BCUT2D eigenvalue weighted by Crippen LogP contribution is -2.58. The van der Waals surface area contributed by atoms with E-state index in [0.717, 1.165) is 38.5 Å². The number of Topliss-reactive ketones (excluding diaryl/α,β-unsaturated/α-hetero) is 1. The first-order valence-corrected chi connectivity index (χ1v) is 11.1. The molecule has 4 saturated carbocycles. The first-order valence-electron chi connectivity index (χ1n) is 11.1. The summed E-state index contributed by atoms with van der Waals surface area (Å²) in [5, 5.41) is 11.1. The van der Waals surface area contributed by atoms with Crippen molar-refractivity contribution in [1.82, 2.24) is 0 Å². The Morgan fingerprint density at radius 3 is 2.65 bits per heavy atom. The SMILES string of the molecule is CC(=O)CC[C@H]1CCC2C3C(O)C[C@@H]4CCCC[C@]4(C)C3CC[C@@]21C=O. The van der Waals surface area contributed by atoms with Crippen LogP contribution in [0.25, 0.3) is 0 Å². The van der Waals surface area contributed by atoms with Crippen LogP contribution in [0.15, 0.2) is 0 Å². The van der Waals surface area contributed by atoms with E-state index in [0.29, 0.717) is 41.4 Å². The fourth-order valence-corrected chi connectivity index (χ4v) is 8.13. The Kier molecular flexibility index (Phi) is 4.82. The average molecular weight is 361 g/mol. The molecular weight excluding hydrogens is 324 g/mol. The minimum atomic E-state index is -0.268. The number of carbonyl (C=O) groups excluding carboxylic acids is 2. The molecule has 146 valence electrons. The summed E-state index contributed by atoms with van der Waals surface area (Å²) in [6.45, 7) is 4.16. The van der Waals surface area contributed by atoms with Crippen molar-refractivity contribution in [3.63, 3.8) is 0 Å². The summed E-state index contributed by atoms with van der Waals surface area (Å²) in [5.41, 5.74) is 0.101. The normalized spacial score (nSPS) is 50.4. The minimum absolute atomic E-state index is 0.229. The first kappa shape index (κ1) is 18.7. The molecule has 0 radical (unpaired) electrons. The highest BCUT2D eigenvalue weighted by Crippen LogP contribution is 2.67. The van der Waals surface area contributed by atoms with Gasteiger partial charge in [0.05, 0.1) is 6.10 Å². The Hall–Kier alpha value is -0.700. The number of rotatable bonds is 4. The molecule has 0 bridgehead atoms. The van der Waals surface area contributed by atoms with Crippen LogP contribution < -0.4 is 0 Å². The molecule has 4 fully saturated rings. The smallest absolute Gasteiger partial charge is 0.129 e. The zero-order valence-electron chi connectivity index (χ0n) is 16.6. The second-order valence-electron chi connectivity index (χ2n) is 10.3. The van der Waals surface area contributed by atoms with E-state index in [2.05, 4.69) is 6.92 Å². The lowest BCUT2D eigenvalue weighted by atomic mass is 9.44. The van der Waals surface area contributed by atoms with Gasteiger partial charge in [0.15, 0.2) is 0 Å². The van der Waals surface area contributed by atoms with Gasteiger partial charge in [-0.1, -0.05) is 19.8 Å². The summed E-state index contributed by atoms with van der Waals surface area (Å²) in [7, 11) is 0. The summed E-state index contributed by atoms with van der Waals surface area (Å²) in [5.74, 6) is 2.48. The van der Waals surface area contributed by atoms with Crippen LogP contribution in [0.2, 0.25) is 0 Å². The van der Waals surface area contributed by atoms with Crippen molar-refractivity contribution in [2.75, 3.05) is 0 Å². The number of aliphatic hydroxyl groups excluding tert-OH is 1. The highest BCUT2D eigenvalue weighted by atomic mass is 16.3. The Morgan fingerprint density at radius 1 is 1.12 bits per heavy atom. The molecule has 0 amide bonds. The maximum absolute atomic E-state index is 12.4. The standard InChI is InChI=1S/C23H36O3/c1-15(25)6-7-16-8-9-19-21-18(10-12-23(16,19)14-24)22(2)11-4-3-5-17(22)13-20(21)26/h14,16-21,26H,3-13H2,1-2H3/t16-,17-,18?,19?,20?,21?,22-,23-/m0/s1. The number of aliphatic hydroxyl groups is 1. The number of carbonyl (C=O) groups is 2. The number of aldehydes is 1. The molecule has 4 unspecified atom stereocenters. The highest BCUT2D eigenvalue weighted by Gasteiger charge is 2.63. The number of hydrogen-bond donors (Lipinski definition) is 1. The van der Waals surface area contributed by atoms with Crippen molar-refractivity contribution in [2.24, 2.45) is 40.4 Å². The molecule has 3 nitrogen and oxygen atoms in total. The monoisotopic (exact) mass is 360 g/mol. The van der Waals surface area contributed by atoms with E-state index in [1.807, 2.05) is 0 Å². The zero-order valence-corrected chi connectivity index (χ0v) is 16.6. The third kappa shape index (κ3) is 2.64. The van der Waals surface area contributed by atoms with Crippen molar-refractivity contribution in [1.29, 1.82) is 0 Å². The van der Waals surface area contributed by atoms with Gasteiger partial charge in [0.2, 0.25) is 0 Å². The number of fused-ring (bicyclic) bond motifs is 5. The van der Waals surface area contributed by atoms with Gasteiger partial charge in [0.1, 0.15) is 12.1 Å². The molecule has 4 aliphatic carbocycles.